The molecule has 0 amide bonds. The zero-order chi connectivity index (χ0) is 10.9. The van der Waals surface area contributed by atoms with Crippen LogP contribution in [-0.2, 0) is 0 Å². The lowest BCUT2D eigenvalue weighted by Crippen LogP contribution is -2.53. The van der Waals surface area contributed by atoms with Gasteiger partial charge in [-0.05, 0) is 44.3 Å². The van der Waals surface area contributed by atoms with Gasteiger partial charge >= 0.3 is 0 Å². The zero-order valence-corrected chi connectivity index (χ0v) is 9.93. The van der Waals surface area contributed by atoms with Crippen molar-refractivity contribution in [2.45, 2.75) is 45.3 Å². The first-order chi connectivity index (χ1) is 7.08. The summed E-state index contributed by atoms with van der Waals surface area (Å²) in [5.41, 5.74) is 0.467. The summed E-state index contributed by atoms with van der Waals surface area (Å²) in [6.45, 7) is 8.32. The molecule has 0 bridgehead atoms. The number of nitrogens with zero attached hydrogens (tertiary/aromatic N) is 1. The minimum atomic E-state index is -0.667. The SMILES string of the molecule is CC1(C)CCN(C2CCNCC2F)CC1. The average Bonchev–Trinajstić information content (AvgIpc) is 2.19. The highest BCUT2D eigenvalue weighted by Crippen LogP contribution is 2.32. The lowest BCUT2D eigenvalue weighted by molar-refractivity contribution is 0.0374. The van der Waals surface area contributed by atoms with Crippen molar-refractivity contribution in [3.63, 3.8) is 0 Å². The molecule has 0 spiro atoms. The largest absolute Gasteiger partial charge is 0.314 e. The van der Waals surface area contributed by atoms with Crippen molar-refractivity contribution in [3.8, 4) is 0 Å². The van der Waals surface area contributed by atoms with Crippen LogP contribution in [0.4, 0.5) is 4.39 Å². The Bertz CT molecular complexity index is 208. The van der Waals surface area contributed by atoms with Crippen molar-refractivity contribution in [3.05, 3.63) is 0 Å². The van der Waals surface area contributed by atoms with E-state index in [1.165, 1.54) is 12.8 Å². The summed E-state index contributed by atoms with van der Waals surface area (Å²) in [5, 5.41) is 3.12. The van der Waals surface area contributed by atoms with Gasteiger partial charge in [0.05, 0.1) is 0 Å². The lowest BCUT2D eigenvalue weighted by Gasteiger charge is -2.43. The first-order valence-electron chi connectivity index (χ1n) is 6.17. The van der Waals surface area contributed by atoms with Crippen molar-refractivity contribution < 1.29 is 4.39 Å². The van der Waals surface area contributed by atoms with Crippen LogP contribution in [0.15, 0.2) is 0 Å². The quantitative estimate of drug-likeness (QED) is 0.716. The third-order valence-corrected chi connectivity index (χ3v) is 3.99. The summed E-state index contributed by atoms with van der Waals surface area (Å²) in [7, 11) is 0. The Labute approximate surface area is 92.2 Å². The smallest absolute Gasteiger partial charge is 0.128 e. The molecular weight excluding hydrogens is 191 g/mol. The van der Waals surface area contributed by atoms with Crippen molar-refractivity contribution >= 4 is 0 Å². The van der Waals surface area contributed by atoms with Crippen LogP contribution in [0, 0.1) is 5.41 Å². The van der Waals surface area contributed by atoms with E-state index < -0.39 is 6.17 Å². The first kappa shape index (κ1) is 11.3. The summed E-state index contributed by atoms with van der Waals surface area (Å²) in [5.74, 6) is 0. The molecule has 15 heavy (non-hydrogen) atoms. The summed E-state index contributed by atoms with van der Waals surface area (Å²) < 4.78 is 13.7. The first-order valence-corrected chi connectivity index (χ1v) is 6.17. The van der Waals surface area contributed by atoms with Crippen LogP contribution in [-0.4, -0.2) is 43.3 Å². The number of likely N-dealkylation sites (tertiary alicyclic amines) is 1. The molecule has 2 unspecified atom stereocenters. The maximum atomic E-state index is 13.7. The van der Waals surface area contributed by atoms with E-state index in [4.69, 9.17) is 0 Å². The predicted octanol–water partition coefficient (Wildman–Crippen LogP) is 1.81. The summed E-state index contributed by atoms with van der Waals surface area (Å²) >= 11 is 0. The topological polar surface area (TPSA) is 15.3 Å². The van der Waals surface area contributed by atoms with Crippen LogP contribution in [0.25, 0.3) is 0 Å². The molecule has 2 nitrogen and oxygen atoms in total. The molecule has 2 heterocycles. The van der Waals surface area contributed by atoms with Crippen molar-refractivity contribution in [1.29, 1.82) is 0 Å². The van der Waals surface area contributed by atoms with Crippen molar-refractivity contribution in [2.75, 3.05) is 26.2 Å². The predicted molar refractivity (Wildman–Crippen MR) is 60.8 cm³/mol. The third-order valence-electron chi connectivity index (χ3n) is 3.99. The van der Waals surface area contributed by atoms with E-state index in [9.17, 15) is 4.39 Å². The summed E-state index contributed by atoms with van der Waals surface area (Å²) in [6, 6.07) is 0.183. The van der Waals surface area contributed by atoms with Crippen molar-refractivity contribution in [1.82, 2.24) is 10.2 Å². The molecule has 2 aliphatic rings. The van der Waals surface area contributed by atoms with Gasteiger partial charge in [0, 0.05) is 12.6 Å². The van der Waals surface area contributed by atoms with E-state index in [2.05, 4.69) is 24.1 Å². The van der Waals surface area contributed by atoms with Crippen LogP contribution < -0.4 is 5.32 Å². The Morgan fingerprint density at radius 3 is 2.53 bits per heavy atom. The maximum Gasteiger partial charge on any atom is 0.128 e. The number of halogens is 1. The molecule has 0 radical (unpaired) electrons. The molecule has 3 heteroatoms. The van der Waals surface area contributed by atoms with Gasteiger partial charge in [-0.3, -0.25) is 4.90 Å². The number of rotatable bonds is 1. The van der Waals surface area contributed by atoms with Gasteiger partial charge in [0.15, 0.2) is 0 Å². The number of nitrogens with one attached hydrogen (secondary N) is 1. The minimum Gasteiger partial charge on any atom is -0.314 e. The Balaban J connectivity index is 1.89. The van der Waals surface area contributed by atoms with Gasteiger partial charge in [-0.25, -0.2) is 4.39 Å². The molecule has 2 atom stereocenters. The molecule has 2 aliphatic heterocycles. The Hall–Kier alpha value is -0.150. The monoisotopic (exact) mass is 214 g/mol. The van der Waals surface area contributed by atoms with Crippen LogP contribution in [0.2, 0.25) is 0 Å². The van der Waals surface area contributed by atoms with E-state index in [0.29, 0.717) is 12.0 Å². The fourth-order valence-corrected chi connectivity index (χ4v) is 2.68. The second kappa shape index (κ2) is 4.38. The van der Waals surface area contributed by atoms with E-state index in [1.807, 2.05) is 0 Å². The Morgan fingerprint density at radius 2 is 1.93 bits per heavy atom. The normalized spacial score (nSPS) is 37.8. The van der Waals surface area contributed by atoms with Gasteiger partial charge in [0.2, 0.25) is 0 Å². The molecule has 2 rings (SSSR count). The van der Waals surface area contributed by atoms with Gasteiger partial charge in [-0.1, -0.05) is 13.8 Å². The highest BCUT2D eigenvalue weighted by Gasteiger charge is 2.34. The van der Waals surface area contributed by atoms with Crippen LogP contribution in [0.3, 0.4) is 0 Å². The zero-order valence-electron chi connectivity index (χ0n) is 9.93. The summed E-state index contributed by atoms with van der Waals surface area (Å²) in [4.78, 5) is 2.37. The second-order valence-electron chi connectivity index (χ2n) is 5.78. The van der Waals surface area contributed by atoms with Gasteiger partial charge < -0.3 is 5.32 Å². The molecule has 2 fully saturated rings. The fraction of sp³-hybridized carbons (Fsp3) is 1.00. The van der Waals surface area contributed by atoms with Gasteiger partial charge in [-0.2, -0.15) is 0 Å². The number of hydrogen-bond acceptors (Lipinski definition) is 2. The molecule has 0 aliphatic carbocycles. The molecule has 2 saturated heterocycles. The second-order valence-corrected chi connectivity index (χ2v) is 5.78. The van der Waals surface area contributed by atoms with E-state index >= 15 is 0 Å². The third kappa shape index (κ3) is 2.70. The van der Waals surface area contributed by atoms with Crippen LogP contribution >= 0.6 is 0 Å². The van der Waals surface area contributed by atoms with Crippen LogP contribution in [0.1, 0.15) is 33.1 Å². The number of alkyl halides is 1. The number of piperidine rings is 2. The molecular formula is C12H23FN2. The maximum absolute atomic E-state index is 13.7. The van der Waals surface area contributed by atoms with Gasteiger partial charge in [0.25, 0.3) is 0 Å². The highest BCUT2D eigenvalue weighted by molar-refractivity contribution is 4.89. The fourth-order valence-electron chi connectivity index (χ4n) is 2.68. The van der Waals surface area contributed by atoms with Gasteiger partial charge in [-0.15, -0.1) is 0 Å². The Morgan fingerprint density at radius 1 is 1.27 bits per heavy atom. The van der Waals surface area contributed by atoms with Crippen molar-refractivity contribution in [2.24, 2.45) is 5.41 Å². The molecule has 88 valence electrons. The van der Waals surface area contributed by atoms with Gasteiger partial charge in [0.1, 0.15) is 6.17 Å². The van der Waals surface area contributed by atoms with E-state index in [0.717, 1.165) is 26.1 Å². The molecule has 0 saturated carbocycles. The van der Waals surface area contributed by atoms with E-state index in [-0.39, 0.29) is 6.04 Å². The highest BCUT2D eigenvalue weighted by atomic mass is 19.1. The Kier molecular flexibility index (Phi) is 3.31. The molecule has 0 aromatic rings. The van der Waals surface area contributed by atoms with Crippen LogP contribution in [0.5, 0.6) is 0 Å². The molecule has 0 aromatic heterocycles. The number of hydrogen-bond donors (Lipinski definition) is 1. The average molecular weight is 214 g/mol. The molecule has 1 N–H and O–H groups in total. The standard InChI is InChI=1S/C12H23FN2/c1-12(2)4-7-15(8-5-12)11-3-6-14-9-10(11)13/h10-11,14H,3-9H2,1-2H3. The summed E-state index contributed by atoms with van der Waals surface area (Å²) in [6.07, 6.45) is 2.73. The van der Waals surface area contributed by atoms with E-state index in [1.54, 1.807) is 0 Å². The lowest BCUT2D eigenvalue weighted by atomic mass is 9.81. The molecule has 0 aromatic carbocycles. The minimum absolute atomic E-state index is 0.183.